The van der Waals surface area contributed by atoms with Crippen LogP contribution in [0.1, 0.15) is 15.9 Å². The summed E-state index contributed by atoms with van der Waals surface area (Å²) in [5.41, 5.74) is 1.79. The van der Waals surface area contributed by atoms with Gasteiger partial charge in [-0.15, -0.1) is 11.3 Å². The predicted molar refractivity (Wildman–Crippen MR) is 127 cm³/mol. The fraction of sp³-hybridized carbons (Fsp3) is 0.136. The number of ether oxygens (including phenoxy) is 2. The number of aromatic nitrogens is 2. The van der Waals surface area contributed by atoms with E-state index < -0.39 is 0 Å². The van der Waals surface area contributed by atoms with Crippen LogP contribution in [0.25, 0.3) is 10.2 Å². The zero-order valence-corrected chi connectivity index (χ0v) is 19.5. The average Bonchev–Trinajstić information content (AvgIpc) is 3.45. The Bertz CT molecular complexity index is 1420. The summed E-state index contributed by atoms with van der Waals surface area (Å²) < 4.78 is 13.0. The maximum absolute atomic E-state index is 13.2. The number of fused-ring (bicyclic) bond motifs is 2. The molecule has 0 saturated carbocycles. The summed E-state index contributed by atoms with van der Waals surface area (Å²) in [7, 11) is 0. The van der Waals surface area contributed by atoms with E-state index >= 15 is 0 Å². The maximum Gasteiger partial charge on any atom is 0.272 e. The van der Waals surface area contributed by atoms with Crippen molar-refractivity contribution in [1.82, 2.24) is 9.55 Å². The van der Waals surface area contributed by atoms with E-state index in [1.165, 1.54) is 23.1 Å². The second-order valence-corrected chi connectivity index (χ2v) is 9.62. The predicted octanol–water partition coefficient (Wildman–Crippen LogP) is 5.52. The molecule has 5 rings (SSSR count). The Labute approximate surface area is 200 Å². The third-order valence-corrected chi connectivity index (χ3v) is 7.49. The Hall–Kier alpha value is -2.52. The van der Waals surface area contributed by atoms with Crippen molar-refractivity contribution in [2.24, 2.45) is 0 Å². The molecule has 2 aromatic carbocycles. The summed E-state index contributed by atoms with van der Waals surface area (Å²) in [6.07, 6.45) is 0. The fourth-order valence-corrected chi connectivity index (χ4v) is 5.25. The van der Waals surface area contributed by atoms with E-state index in [-0.39, 0.29) is 23.9 Å². The van der Waals surface area contributed by atoms with E-state index in [4.69, 9.17) is 32.7 Å². The molecule has 0 bridgehead atoms. The highest BCUT2D eigenvalue weighted by Crippen LogP contribution is 2.33. The smallest absolute Gasteiger partial charge is 0.272 e. The van der Waals surface area contributed by atoms with Crippen molar-refractivity contribution in [2.45, 2.75) is 11.7 Å². The van der Waals surface area contributed by atoms with E-state index in [1.807, 2.05) is 23.6 Å². The van der Waals surface area contributed by atoms with E-state index in [0.717, 1.165) is 5.56 Å². The monoisotopic (exact) mass is 504 g/mol. The van der Waals surface area contributed by atoms with Crippen LogP contribution in [-0.4, -0.2) is 27.9 Å². The molecule has 6 nitrogen and oxygen atoms in total. The molecule has 32 heavy (non-hydrogen) atoms. The number of thioether (sulfide) groups is 1. The number of Topliss-reactive ketones (excluding diaryl/α,β-unsaturated/α-hetero) is 1. The summed E-state index contributed by atoms with van der Waals surface area (Å²) in [6.45, 7) is 0.471. The van der Waals surface area contributed by atoms with Crippen LogP contribution in [-0.2, 0) is 6.54 Å². The first-order chi connectivity index (χ1) is 15.5. The van der Waals surface area contributed by atoms with Gasteiger partial charge in [0.15, 0.2) is 22.4 Å². The van der Waals surface area contributed by atoms with E-state index in [9.17, 15) is 9.59 Å². The molecular formula is C22H14Cl2N2O4S2. The summed E-state index contributed by atoms with van der Waals surface area (Å²) >= 11 is 14.5. The van der Waals surface area contributed by atoms with Crippen LogP contribution in [0.5, 0.6) is 11.5 Å². The molecule has 162 valence electrons. The van der Waals surface area contributed by atoms with Crippen LogP contribution in [0.2, 0.25) is 10.0 Å². The molecule has 0 N–H and O–H groups in total. The van der Waals surface area contributed by atoms with E-state index in [1.54, 1.807) is 28.8 Å². The molecule has 0 fully saturated rings. The molecule has 1 aliphatic rings. The molecule has 0 saturated heterocycles. The van der Waals surface area contributed by atoms with Crippen molar-refractivity contribution >= 4 is 62.3 Å². The van der Waals surface area contributed by atoms with Gasteiger partial charge in [0.1, 0.15) is 4.70 Å². The van der Waals surface area contributed by atoms with Gasteiger partial charge in [-0.05, 0) is 47.3 Å². The van der Waals surface area contributed by atoms with Gasteiger partial charge in [-0.2, -0.15) is 0 Å². The minimum absolute atomic E-state index is 0.0984. The zero-order valence-electron chi connectivity index (χ0n) is 16.3. The van der Waals surface area contributed by atoms with Crippen molar-refractivity contribution in [3.8, 4) is 11.5 Å². The summed E-state index contributed by atoms with van der Waals surface area (Å²) in [5, 5.41) is 3.00. The third-order valence-electron chi connectivity index (χ3n) is 4.88. The van der Waals surface area contributed by atoms with Crippen LogP contribution in [0.4, 0.5) is 0 Å². The van der Waals surface area contributed by atoms with Crippen molar-refractivity contribution < 1.29 is 14.3 Å². The maximum atomic E-state index is 13.2. The van der Waals surface area contributed by atoms with Crippen molar-refractivity contribution in [2.75, 3.05) is 12.5 Å². The summed E-state index contributed by atoms with van der Waals surface area (Å²) in [5.74, 6) is 1.28. The molecule has 0 amide bonds. The van der Waals surface area contributed by atoms with Gasteiger partial charge in [0.25, 0.3) is 5.56 Å². The Kier molecular flexibility index (Phi) is 5.86. The fourth-order valence-electron chi connectivity index (χ4n) is 3.28. The van der Waals surface area contributed by atoms with Gasteiger partial charge in [0.05, 0.1) is 27.9 Å². The molecule has 2 aromatic heterocycles. The van der Waals surface area contributed by atoms with Gasteiger partial charge in [0.2, 0.25) is 6.79 Å². The van der Waals surface area contributed by atoms with Crippen LogP contribution in [0.3, 0.4) is 0 Å². The number of carbonyl (C=O) groups is 1. The number of nitrogens with zero attached hydrogens (tertiary/aromatic N) is 2. The Morgan fingerprint density at radius 1 is 1.09 bits per heavy atom. The number of ketones is 1. The van der Waals surface area contributed by atoms with Crippen molar-refractivity contribution in [3.05, 3.63) is 79.4 Å². The molecule has 0 spiro atoms. The van der Waals surface area contributed by atoms with Crippen LogP contribution < -0.4 is 15.0 Å². The molecule has 4 aromatic rings. The number of benzene rings is 2. The first-order valence-corrected chi connectivity index (χ1v) is 12.1. The molecule has 0 radical (unpaired) electrons. The van der Waals surface area contributed by atoms with Crippen LogP contribution >= 0.6 is 46.3 Å². The lowest BCUT2D eigenvalue weighted by atomic mass is 10.1. The topological polar surface area (TPSA) is 70.4 Å². The van der Waals surface area contributed by atoms with Gasteiger partial charge in [-0.3, -0.25) is 14.2 Å². The normalized spacial score (nSPS) is 12.4. The number of hydrogen-bond donors (Lipinski definition) is 0. The number of carbonyl (C=O) groups excluding carboxylic acids is 1. The van der Waals surface area contributed by atoms with Gasteiger partial charge in [-0.1, -0.05) is 41.0 Å². The van der Waals surface area contributed by atoms with Crippen LogP contribution in [0.15, 0.2) is 57.8 Å². The highest BCUT2D eigenvalue weighted by molar-refractivity contribution is 7.99. The average molecular weight is 505 g/mol. The molecular weight excluding hydrogens is 491 g/mol. The number of hydrogen-bond acceptors (Lipinski definition) is 7. The summed E-state index contributed by atoms with van der Waals surface area (Å²) in [4.78, 5) is 30.5. The lowest BCUT2D eigenvalue weighted by molar-refractivity contribution is 0.102. The molecule has 0 unspecified atom stereocenters. The molecule has 0 aliphatic carbocycles. The first-order valence-electron chi connectivity index (χ1n) is 9.47. The van der Waals surface area contributed by atoms with Crippen LogP contribution in [0, 0.1) is 0 Å². The lowest BCUT2D eigenvalue weighted by Crippen LogP contribution is -2.23. The van der Waals surface area contributed by atoms with E-state index in [0.29, 0.717) is 49.0 Å². The lowest BCUT2D eigenvalue weighted by Gasteiger charge is -2.12. The largest absolute Gasteiger partial charge is 0.454 e. The highest BCUT2D eigenvalue weighted by Gasteiger charge is 2.18. The van der Waals surface area contributed by atoms with Gasteiger partial charge < -0.3 is 9.47 Å². The summed E-state index contributed by atoms with van der Waals surface area (Å²) in [6, 6.07) is 12.1. The Morgan fingerprint density at radius 2 is 1.94 bits per heavy atom. The highest BCUT2D eigenvalue weighted by atomic mass is 35.5. The molecule has 0 atom stereocenters. The number of rotatable bonds is 6. The third kappa shape index (κ3) is 4.11. The van der Waals surface area contributed by atoms with Crippen molar-refractivity contribution in [1.29, 1.82) is 0 Å². The second kappa shape index (κ2) is 8.78. The Balaban J connectivity index is 1.46. The molecule has 3 heterocycles. The second-order valence-electron chi connectivity index (χ2n) is 6.95. The van der Waals surface area contributed by atoms with Gasteiger partial charge in [0, 0.05) is 5.56 Å². The van der Waals surface area contributed by atoms with E-state index in [2.05, 4.69) is 4.98 Å². The molecule has 1 aliphatic heterocycles. The number of halogens is 2. The molecule has 10 heteroatoms. The zero-order chi connectivity index (χ0) is 22.2. The Morgan fingerprint density at radius 3 is 2.78 bits per heavy atom. The van der Waals surface area contributed by atoms with Gasteiger partial charge in [-0.25, -0.2) is 4.98 Å². The van der Waals surface area contributed by atoms with Gasteiger partial charge >= 0.3 is 0 Å². The quantitative estimate of drug-likeness (QED) is 0.195. The SMILES string of the molecule is O=C(CSc1nc2ccsc2c(=O)n1Cc1ccc2c(c1)OCO2)c1ccc(Cl)c(Cl)c1. The first kappa shape index (κ1) is 21.3. The minimum Gasteiger partial charge on any atom is -0.454 e. The standard InChI is InChI=1S/C22H14Cl2N2O4S2/c23-14-3-2-13(8-15(14)24)17(27)10-32-22-25-16-5-6-31-20(16)21(28)26(22)9-12-1-4-18-19(7-12)30-11-29-18/h1-8H,9-11H2. The van der Waals surface area contributed by atoms with Crippen molar-refractivity contribution in [3.63, 3.8) is 0 Å². The minimum atomic E-state index is -0.146. The number of thiophene rings is 1.